The van der Waals surface area contributed by atoms with Crippen molar-refractivity contribution >= 4 is 22.1 Å². The maximum Gasteiger partial charge on any atom is 0.278 e. The van der Waals surface area contributed by atoms with E-state index in [0.717, 1.165) is 36.8 Å². The molecule has 1 aromatic heterocycles. The zero-order valence-corrected chi connectivity index (χ0v) is 11.6. The lowest BCUT2D eigenvalue weighted by molar-refractivity contribution is -0.383. The first-order chi connectivity index (χ1) is 10.1. The van der Waals surface area contributed by atoms with Gasteiger partial charge in [-0.1, -0.05) is 12.8 Å². The van der Waals surface area contributed by atoms with Crippen LogP contribution in [0.25, 0.3) is 10.8 Å². The van der Waals surface area contributed by atoms with Gasteiger partial charge in [0, 0.05) is 36.1 Å². The van der Waals surface area contributed by atoms with E-state index in [1.807, 2.05) is 0 Å². The maximum absolute atomic E-state index is 11.1. The normalized spacial score (nSPS) is 17.0. The minimum atomic E-state index is -0.666. The van der Waals surface area contributed by atoms with Crippen molar-refractivity contribution in [3.63, 3.8) is 0 Å². The minimum Gasteiger partial charge on any atom is -0.388 e. The number of hydrogen-bond donors (Lipinski definition) is 2. The molecule has 2 aromatic rings. The van der Waals surface area contributed by atoms with Crippen LogP contribution < -0.4 is 5.32 Å². The molecule has 6 nitrogen and oxygen atoms in total. The summed E-state index contributed by atoms with van der Waals surface area (Å²) < 4.78 is 0. The fourth-order valence-corrected chi connectivity index (χ4v) is 2.96. The lowest BCUT2D eigenvalue weighted by atomic mass is 10.0. The maximum atomic E-state index is 11.1. The smallest absolute Gasteiger partial charge is 0.278 e. The lowest BCUT2D eigenvalue weighted by Crippen LogP contribution is -2.33. The summed E-state index contributed by atoms with van der Waals surface area (Å²) in [6.07, 6.45) is 6.80. The number of pyridine rings is 1. The molecule has 1 saturated carbocycles. The summed E-state index contributed by atoms with van der Waals surface area (Å²) in [4.78, 5) is 14.6. The number of aromatic nitrogens is 1. The molecule has 0 radical (unpaired) electrons. The van der Waals surface area contributed by atoms with E-state index in [1.165, 1.54) is 12.3 Å². The van der Waals surface area contributed by atoms with Crippen LogP contribution in [-0.4, -0.2) is 27.2 Å². The van der Waals surface area contributed by atoms with Crippen molar-refractivity contribution in [3.05, 3.63) is 40.7 Å². The third kappa shape index (κ3) is 2.67. The van der Waals surface area contributed by atoms with Crippen molar-refractivity contribution in [1.82, 2.24) is 4.98 Å². The second kappa shape index (κ2) is 5.29. The first-order valence-electron chi connectivity index (χ1n) is 7.06. The zero-order valence-electron chi connectivity index (χ0n) is 11.6. The van der Waals surface area contributed by atoms with Gasteiger partial charge in [-0.05, 0) is 25.0 Å². The van der Waals surface area contributed by atoms with Gasteiger partial charge in [0.2, 0.25) is 0 Å². The van der Waals surface area contributed by atoms with Crippen molar-refractivity contribution in [3.8, 4) is 0 Å². The molecule has 0 spiro atoms. The summed E-state index contributed by atoms with van der Waals surface area (Å²) in [6.45, 7) is 0.461. The van der Waals surface area contributed by atoms with E-state index in [2.05, 4.69) is 10.3 Å². The molecule has 1 aliphatic rings. The van der Waals surface area contributed by atoms with Gasteiger partial charge < -0.3 is 10.4 Å². The van der Waals surface area contributed by atoms with Crippen molar-refractivity contribution in [2.24, 2.45) is 0 Å². The van der Waals surface area contributed by atoms with Gasteiger partial charge in [0.05, 0.1) is 15.9 Å². The Kier molecular flexibility index (Phi) is 3.47. The highest BCUT2D eigenvalue weighted by Gasteiger charge is 2.30. The molecule has 0 bridgehead atoms. The fourth-order valence-electron chi connectivity index (χ4n) is 2.96. The van der Waals surface area contributed by atoms with Gasteiger partial charge in [-0.25, -0.2) is 0 Å². The van der Waals surface area contributed by atoms with Crippen LogP contribution in [0.4, 0.5) is 11.4 Å². The van der Waals surface area contributed by atoms with Crippen LogP contribution in [0.5, 0.6) is 0 Å². The van der Waals surface area contributed by atoms with Crippen LogP contribution in [-0.2, 0) is 0 Å². The van der Waals surface area contributed by atoms with Crippen LogP contribution in [0.2, 0.25) is 0 Å². The lowest BCUT2D eigenvalue weighted by Gasteiger charge is -2.23. The number of hydrogen-bond acceptors (Lipinski definition) is 5. The SMILES string of the molecule is O=[N+]([O-])c1ccc(NCC2(O)CCCC2)c2ccncc12. The molecule has 0 saturated heterocycles. The molecule has 2 N–H and O–H groups in total. The topological polar surface area (TPSA) is 88.3 Å². The number of nitrogens with one attached hydrogen (secondary N) is 1. The predicted molar refractivity (Wildman–Crippen MR) is 80.3 cm³/mol. The quantitative estimate of drug-likeness (QED) is 0.666. The largest absolute Gasteiger partial charge is 0.388 e. The third-order valence-electron chi connectivity index (χ3n) is 4.13. The summed E-state index contributed by atoms with van der Waals surface area (Å²) in [7, 11) is 0. The van der Waals surface area contributed by atoms with Crippen LogP contribution >= 0.6 is 0 Å². The Labute approximate surface area is 122 Å². The Bertz CT molecular complexity index is 681. The van der Waals surface area contributed by atoms with Gasteiger partial charge in [0.1, 0.15) is 0 Å². The van der Waals surface area contributed by atoms with E-state index in [4.69, 9.17) is 0 Å². The van der Waals surface area contributed by atoms with E-state index < -0.39 is 10.5 Å². The summed E-state index contributed by atoms with van der Waals surface area (Å²) in [5, 5.41) is 25.9. The van der Waals surface area contributed by atoms with Crippen LogP contribution in [0.1, 0.15) is 25.7 Å². The van der Waals surface area contributed by atoms with Crippen LogP contribution in [0.15, 0.2) is 30.6 Å². The number of nitrogens with zero attached hydrogens (tertiary/aromatic N) is 2. The summed E-state index contributed by atoms with van der Waals surface area (Å²) in [6, 6.07) is 4.92. The number of aliphatic hydroxyl groups is 1. The molecule has 0 aliphatic heterocycles. The molecule has 1 aliphatic carbocycles. The summed E-state index contributed by atoms with van der Waals surface area (Å²) in [5.41, 5.74) is 0.169. The number of rotatable bonds is 4. The molecule has 110 valence electrons. The van der Waals surface area contributed by atoms with E-state index in [9.17, 15) is 15.2 Å². The van der Waals surface area contributed by atoms with Gasteiger partial charge in [0.15, 0.2) is 0 Å². The summed E-state index contributed by atoms with van der Waals surface area (Å²) >= 11 is 0. The Morgan fingerprint density at radius 2 is 2.05 bits per heavy atom. The first-order valence-corrected chi connectivity index (χ1v) is 7.06. The number of nitro benzene ring substituents is 1. The zero-order chi connectivity index (χ0) is 14.9. The van der Waals surface area contributed by atoms with Gasteiger partial charge in [-0.15, -0.1) is 0 Å². The van der Waals surface area contributed by atoms with Crippen molar-refractivity contribution in [2.75, 3.05) is 11.9 Å². The van der Waals surface area contributed by atoms with Crippen LogP contribution in [0.3, 0.4) is 0 Å². The highest BCUT2D eigenvalue weighted by Crippen LogP contribution is 2.33. The third-order valence-corrected chi connectivity index (χ3v) is 4.13. The Hall–Kier alpha value is -2.21. The molecular formula is C15H17N3O3. The molecule has 6 heteroatoms. The highest BCUT2D eigenvalue weighted by atomic mass is 16.6. The molecule has 0 atom stereocenters. The van der Waals surface area contributed by atoms with Gasteiger partial charge in [0.25, 0.3) is 5.69 Å². The van der Waals surface area contributed by atoms with Crippen molar-refractivity contribution in [2.45, 2.75) is 31.3 Å². The highest BCUT2D eigenvalue weighted by molar-refractivity contribution is 5.99. The number of benzene rings is 1. The molecule has 1 heterocycles. The standard InChI is InChI=1S/C15H17N3O3/c19-15(6-1-2-7-15)10-17-13-3-4-14(18(20)21)12-9-16-8-5-11(12)13/h3-5,8-9,17,19H,1-2,6-7,10H2. The second-order valence-corrected chi connectivity index (χ2v) is 5.60. The fraction of sp³-hybridized carbons (Fsp3) is 0.400. The Balaban J connectivity index is 1.92. The summed E-state index contributed by atoms with van der Waals surface area (Å²) in [5.74, 6) is 0. The molecule has 3 rings (SSSR count). The van der Waals surface area contributed by atoms with E-state index in [1.54, 1.807) is 18.3 Å². The van der Waals surface area contributed by atoms with E-state index in [0.29, 0.717) is 11.9 Å². The Morgan fingerprint density at radius 1 is 1.29 bits per heavy atom. The van der Waals surface area contributed by atoms with E-state index >= 15 is 0 Å². The molecule has 1 aromatic carbocycles. The number of anilines is 1. The molecule has 0 amide bonds. The first kappa shape index (κ1) is 13.8. The second-order valence-electron chi connectivity index (χ2n) is 5.60. The Morgan fingerprint density at radius 3 is 2.76 bits per heavy atom. The monoisotopic (exact) mass is 287 g/mol. The molecule has 0 unspecified atom stereocenters. The minimum absolute atomic E-state index is 0.0447. The average Bonchev–Trinajstić information content (AvgIpc) is 2.91. The predicted octanol–water partition coefficient (Wildman–Crippen LogP) is 2.86. The number of non-ortho nitro benzene ring substituents is 1. The van der Waals surface area contributed by atoms with Gasteiger partial charge in [-0.3, -0.25) is 15.1 Å². The van der Waals surface area contributed by atoms with Gasteiger partial charge >= 0.3 is 0 Å². The van der Waals surface area contributed by atoms with E-state index in [-0.39, 0.29) is 5.69 Å². The van der Waals surface area contributed by atoms with Crippen molar-refractivity contribution in [1.29, 1.82) is 0 Å². The molecule has 1 fully saturated rings. The number of nitro groups is 1. The van der Waals surface area contributed by atoms with Gasteiger partial charge in [-0.2, -0.15) is 0 Å². The van der Waals surface area contributed by atoms with Crippen LogP contribution in [0, 0.1) is 10.1 Å². The van der Waals surface area contributed by atoms with Crippen molar-refractivity contribution < 1.29 is 10.0 Å². The number of fused-ring (bicyclic) bond motifs is 1. The molecular weight excluding hydrogens is 270 g/mol. The average molecular weight is 287 g/mol. The molecule has 21 heavy (non-hydrogen) atoms.